The molecule has 100 valence electrons. The van der Waals surface area contributed by atoms with Crippen LogP contribution in [0.3, 0.4) is 0 Å². The lowest BCUT2D eigenvalue weighted by Crippen LogP contribution is -2.36. The number of carbonyl (C=O) groups excluding carboxylic acids is 1. The average Bonchev–Trinajstić information content (AvgIpc) is 2.26. The van der Waals surface area contributed by atoms with Crippen LogP contribution in [0.1, 0.15) is 0 Å². The van der Waals surface area contributed by atoms with Gasteiger partial charge in [-0.05, 0) is 12.1 Å². The summed E-state index contributed by atoms with van der Waals surface area (Å²) in [5, 5.41) is 1.64. The summed E-state index contributed by atoms with van der Waals surface area (Å²) >= 11 is 0. The number of nitrogens with one attached hydrogen (secondary N) is 1. The van der Waals surface area contributed by atoms with Crippen LogP contribution in [0.25, 0.3) is 0 Å². The minimum Gasteiger partial charge on any atom is -0.398 e. The van der Waals surface area contributed by atoms with E-state index in [1.165, 1.54) is 12.1 Å². The fraction of sp³-hybridized carbons (Fsp3) is 0.300. The van der Waals surface area contributed by atoms with E-state index in [1.807, 2.05) is 0 Å². The fourth-order valence-corrected chi connectivity index (χ4v) is 2.19. The number of halogens is 3. The van der Waals surface area contributed by atoms with E-state index < -0.39 is 35.2 Å². The number of hydrogen-bond acceptors (Lipinski definition) is 3. The molecule has 1 atom stereocenters. The number of anilines is 1. The van der Waals surface area contributed by atoms with Gasteiger partial charge < -0.3 is 11.1 Å². The van der Waals surface area contributed by atoms with Crippen LogP contribution in [0, 0.1) is 0 Å². The summed E-state index contributed by atoms with van der Waals surface area (Å²) in [5.74, 6) is -1.49. The molecule has 0 saturated heterocycles. The molecule has 0 aliphatic carbocycles. The molecule has 0 radical (unpaired) electrons. The second-order valence-corrected chi connectivity index (χ2v) is 4.84. The number of carbonyl (C=O) groups is 1. The molecule has 0 saturated carbocycles. The number of hydrogen-bond donors (Lipinski definition) is 2. The number of nitrogens with two attached hydrogens (primary N) is 1. The van der Waals surface area contributed by atoms with E-state index in [9.17, 15) is 22.2 Å². The fourth-order valence-electron chi connectivity index (χ4n) is 1.13. The van der Waals surface area contributed by atoms with Gasteiger partial charge in [-0.1, -0.05) is 12.1 Å². The molecule has 0 spiro atoms. The molecule has 0 bridgehead atoms. The first-order chi connectivity index (χ1) is 8.29. The zero-order valence-corrected chi connectivity index (χ0v) is 9.98. The zero-order valence-electron chi connectivity index (χ0n) is 9.16. The number of para-hydroxylation sites is 1. The van der Waals surface area contributed by atoms with Crippen molar-refractivity contribution in [1.29, 1.82) is 0 Å². The Balaban J connectivity index is 2.56. The molecule has 0 aromatic heterocycles. The Morgan fingerprint density at radius 2 is 1.94 bits per heavy atom. The predicted octanol–water partition coefficient (Wildman–Crippen LogP) is 1.05. The van der Waals surface area contributed by atoms with Gasteiger partial charge in [0.1, 0.15) is 12.3 Å². The van der Waals surface area contributed by atoms with E-state index in [1.54, 1.807) is 17.4 Å². The SMILES string of the molecule is Nc1ccccc1S(=O)CC(=O)NCC(F)(F)F. The molecule has 1 unspecified atom stereocenters. The van der Waals surface area contributed by atoms with Crippen molar-refractivity contribution >= 4 is 22.4 Å². The molecule has 4 nitrogen and oxygen atoms in total. The van der Waals surface area contributed by atoms with Gasteiger partial charge in [-0.2, -0.15) is 13.2 Å². The molecule has 1 aromatic carbocycles. The van der Waals surface area contributed by atoms with Gasteiger partial charge in [0.05, 0.1) is 15.7 Å². The van der Waals surface area contributed by atoms with Crippen molar-refractivity contribution in [3.05, 3.63) is 24.3 Å². The highest BCUT2D eigenvalue weighted by Crippen LogP contribution is 2.15. The first-order valence-corrected chi connectivity index (χ1v) is 6.18. The lowest BCUT2D eigenvalue weighted by atomic mass is 10.3. The van der Waals surface area contributed by atoms with Crippen LogP contribution in [0.5, 0.6) is 0 Å². The number of nitrogen functional groups attached to an aromatic ring is 1. The summed E-state index contributed by atoms with van der Waals surface area (Å²) in [7, 11) is -1.76. The molecule has 3 N–H and O–H groups in total. The average molecular weight is 280 g/mol. The van der Waals surface area contributed by atoms with E-state index in [0.717, 1.165) is 0 Å². The van der Waals surface area contributed by atoms with Crippen molar-refractivity contribution in [2.75, 3.05) is 18.0 Å². The quantitative estimate of drug-likeness (QED) is 0.810. The standard InChI is InChI=1S/C10H11F3N2O2S/c11-10(12,13)6-15-9(16)5-18(17)8-4-2-1-3-7(8)14/h1-4H,5-6,14H2,(H,15,16). The minimum atomic E-state index is -4.48. The molecular formula is C10H11F3N2O2S. The summed E-state index contributed by atoms with van der Waals surface area (Å²) in [5.41, 5.74) is 5.77. The first kappa shape index (κ1) is 14.5. The molecular weight excluding hydrogens is 269 g/mol. The van der Waals surface area contributed by atoms with Gasteiger partial charge in [0, 0.05) is 5.69 Å². The molecule has 1 rings (SSSR count). The van der Waals surface area contributed by atoms with Crippen molar-refractivity contribution in [2.24, 2.45) is 0 Å². The van der Waals surface area contributed by atoms with Gasteiger partial charge in [-0.3, -0.25) is 9.00 Å². The van der Waals surface area contributed by atoms with Crippen molar-refractivity contribution in [3.8, 4) is 0 Å². The summed E-state index contributed by atoms with van der Waals surface area (Å²) in [6.07, 6.45) is -4.48. The topological polar surface area (TPSA) is 72.2 Å². The van der Waals surface area contributed by atoms with Crippen molar-refractivity contribution in [1.82, 2.24) is 5.32 Å². The Morgan fingerprint density at radius 3 is 2.50 bits per heavy atom. The maximum atomic E-state index is 11.8. The van der Waals surface area contributed by atoms with Crippen LogP contribution in [-0.4, -0.2) is 28.6 Å². The van der Waals surface area contributed by atoms with Crippen LogP contribution in [0.2, 0.25) is 0 Å². The summed E-state index contributed by atoms with van der Waals surface area (Å²) in [6, 6.07) is 6.17. The van der Waals surface area contributed by atoms with Crippen molar-refractivity contribution < 1.29 is 22.2 Å². The monoisotopic (exact) mass is 280 g/mol. The number of rotatable bonds is 4. The van der Waals surface area contributed by atoms with Gasteiger partial charge in [-0.25, -0.2) is 0 Å². The Kier molecular flexibility index (Phi) is 4.71. The second kappa shape index (κ2) is 5.85. The normalized spacial score (nSPS) is 13.1. The van der Waals surface area contributed by atoms with Crippen LogP contribution >= 0.6 is 0 Å². The summed E-state index contributed by atoms with van der Waals surface area (Å²) in [4.78, 5) is 11.4. The maximum Gasteiger partial charge on any atom is 0.405 e. The lowest BCUT2D eigenvalue weighted by molar-refractivity contribution is -0.136. The smallest absolute Gasteiger partial charge is 0.398 e. The Bertz CT molecular complexity index is 463. The third kappa shape index (κ3) is 4.74. The van der Waals surface area contributed by atoms with Gasteiger partial charge in [0.25, 0.3) is 0 Å². The van der Waals surface area contributed by atoms with Crippen LogP contribution in [-0.2, 0) is 15.6 Å². The van der Waals surface area contributed by atoms with E-state index in [-0.39, 0.29) is 10.6 Å². The lowest BCUT2D eigenvalue weighted by Gasteiger charge is -2.09. The Hall–Kier alpha value is -1.57. The number of benzene rings is 1. The van der Waals surface area contributed by atoms with Crippen LogP contribution in [0.4, 0.5) is 18.9 Å². The molecule has 0 aliphatic rings. The highest BCUT2D eigenvalue weighted by molar-refractivity contribution is 7.86. The van der Waals surface area contributed by atoms with E-state index in [4.69, 9.17) is 5.73 Å². The van der Waals surface area contributed by atoms with Crippen LogP contribution in [0.15, 0.2) is 29.2 Å². The number of amides is 1. The molecule has 18 heavy (non-hydrogen) atoms. The molecule has 0 aliphatic heterocycles. The van der Waals surface area contributed by atoms with Crippen LogP contribution < -0.4 is 11.1 Å². The van der Waals surface area contributed by atoms with Gasteiger partial charge in [0.2, 0.25) is 5.91 Å². The minimum absolute atomic E-state index is 0.236. The molecule has 1 amide bonds. The maximum absolute atomic E-state index is 11.8. The summed E-state index contributed by atoms with van der Waals surface area (Å²) in [6.45, 7) is -1.44. The molecule has 0 fully saturated rings. The Morgan fingerprint density at radius 1 is 1.33 bits per heavy atom. The Labute approximate surface area is 104 Å². The molecule has 1 aromatic rings. The largest absolute Gasteiger partial charge is 0.405 e. The first-order valence-electron chi connectivity index (χ1n) is 4.86. The molecule has 8 heteroatoms. The van der Waals surface area contributed by atoms with E-state index in [0.29, 0.717) is 0 Å². The highest BCUT2D eigenvalue weighted by atomic mass is 32.2. The van der Waals surface area contributed by atoms with E-state index >= 15 is 0 Å². The van der Waals surface area contributed by atoms with Gasteiger partial charge in [0.15, 0.2) is 0 Å². The molecule has 0 heterocycles. The third-order valence-electron chi connectivity index (χ3n) is 1.91. The number of alkyl halides is 3. The highest BCUT2D eigenvalue weighted by Gasteiger charge is 2.28. The second-order valence-electron chi connectivity index (χ2n) is 3.42. The van der Waals surface area contributed by atoms with Gasteiger partial charge in [-0.15, -0.1) is 0 Å². The van der Waals surface area contributed by atoms with Crippen molar-refractivity contribution in [3.63, 3.8) is 0 Å². The van der Waals surface area contributed by atoms with E-state index in [2.05, 4.69) is 0 Å². The zero-order chi connectivity index (χ0) is 13.8. The predicted molar refractivity (Wildman–Crippen MR) is 61.2 cm³/mol. The summed E-state index contributed by atoms with van der Waals surface area (Å²) < 4.78 is 47.2. The van der Waals surface area contributed by atoms with Crippen molar-refractivity contribution in [2.45, 2.75) is 11.1 Å². The van der Waals surface area contributed by atoms with Gasteiger partial charge >= 0.3 is 6.18 Å². The third-order valence-corrected chi connectivity index (χ3v) is 3.30.